The van der Waals surface area contributed by atoms with Crippen molar-refractivity contribution in [2.24, 2.45) is 0 Å². The molecule has 116 valence electrons. The van der Waals surface area contributed by atoms with E-state index in [1.807, 2.05) is 30.3 Å². The molecule has 0 aromatic heterocycles. The van der Waals surface area contributed by atoms with Crippen LogP contribution in [0.2, 0.25) is 0 Å². The van der Waals surface area contributed by atoms with Gasteiger partial charge in [0.15, 0.2) is 18.6 Å². The summed E-state index contributed by atoms with van der Waals surface area (Å²) in [5, 5.41) is 0. The van der Waals surface area contributed by atoms with Crippen molar-refractivity contribution < 1.29 is 28.5 Å². The molecular weight excluding hydrogens is 290 g/mol. The molecule has 22 heavy (non-hydrogen) atoms. The van der Waals surface area contributed by atoms with Crippen molar-refractivity contribution in [3.05, 3.63) is 35.9 Å². The molecule has 7 nitrogen and oxygen atoms in total. The Labute approximate surface area is 126 Å². The molecule has 1 aromatic carbocycles. The van der Waals surface area contributed by atoms with Crippen LogP contribution >= 0.6 is 0 Å². The number of hydrogen-bond acceptors (Lipinski definition) is 6. The second kappa shape index (κ2) is 5.05. The van der Waals surface area contributed by atoms with Crippen LogP contribution < -0.4 is 0 Å². The van der Waals surface area contributed by atoms with Crippen molar-refractivity contribution in [2.45, 2.75) is 37.8 Å². The minimum absolute atomic E-state index is 0.320. The molecule has 0 N–H and O–H groups in total. The van der Waals surface area contributed by atoms with Crippen molar-refractivity contribution in [2.75, 3.05) is 6.61 Å². The van der Waals surface area contributed by atoms with E-state index in [1.54, 1.807) is 0 Å². The largest absolute Gasteiger partial charge is 0.438 e. The average molecular weight is 305 g/mol. The Hall–Kier alpha value is -1.96. The first-order valence-corrected chi connectivity index (χ1v) is 7.13. The third-order valence-corrected chi connectivity index (χ3v) is 4.08. The van der Waals surface area contributed by atoms with Crippen LogP contribution in [-0.4, -0.2) is 48.0 Å². The summed E-state index contributed by atoms with van der Waals surface area (Å²) in [5.74, 6) is -0.406. The molecule has 5 atom stereocenters. The number of hydrogen-bond donors (Lipinski definition) is 0. The maximum atomic E-state index is 11.8. The molecule has 0 aliphatic carbocycles. The van der Waals surface area contributed by atoms with E-state index in [9.17, 15) is 9.59 Å². The highest BCUT2D eigenvalue weighted by atomic mass is 16.7. The zero-order chi connectivity index (χ0) is 15.3. The molecule has 7 heteroatoms. The first-order valence-electron chi connectivity index (χ1n) is 7.13. The van der Waals surface area contributed by atoms with Gasteiger partial charge in [-0.1, -0.05) is 30.3 Å². The lowest BCUT2D eigenvalue weighted by molar-refractivity contribution is -0.254. The van der Waals surface area contributed by atoms with E-state index in [-0.39, 0.29) is 6.10 Å². The zero-order valence-electron chi connectivity index (χ0n) is 11.9. The minimum atomic E-state index is -0.738. The highest BCUT2D eigenvalue weighted by Gasteiger charge is 2.59. The summed E-state index contributed by atoms with van der Waals surface area (Å²) in [6, 6.07) is 9.51. The SMILES string of the molecule is CC(=O)N1C(=O)O[C@@H]2[C@H]3O[C@@H](c4ccccc4)OC[C@H]3O[C@@H]21. The van der Waals surface area contributed by atoms with Crippen molar-refractivity contribution >= 4 is 12.0 Å². The maximum absolute atomic E-state index is 11.8. The van der Waals surface area contributed by atoms with Gasteiger partial charge in [0.1, 0.15) is 12.2 Å². The summed E-state index contributed by atoms with van der Waals surface area (Å²) in [6.45, 7) is 1.62. The zero-order valence-corrected chi connectivity index (χ0v) is 11.9. The van der Waals surface area contributed by atoms with Gasteiger partial charge in [-0.2, -0.15) is 0 Å². The minimum Gasteiger partial charge on any atom is -0.438 e. The van der Waals surface area contributed by atoms with E-state index < -0.39 is 36.7 Å². The van der Waals surface area contributed by atoms with Gasteiger partial charge in [-0.3, -0.25) is 4.79 Å². The second-order valence-electron chi connectivity index (χ2n) is 5.48. The Morgan fingerprint density at radius 2 is 1.95 bits per heavy atom. The quantitative estimate of drug-likeness (QED) is 0.776. The Balaban J connectivity index is 1.55. The molecule has 0 spiro atoms. The van der Waals surface area contributed by atoms with Gasteiger partial charge in [0.2, 0.25) is 5.91 Å². The topological polar surface area (TPSA) is 74.3 Å². The standard InChI is InChI=1S/C15H15NO6/c1-8(17)16-13-12(22-15(16)18)11-10(20-13)7-19-14(21-11)9-5-3-2-4-6-9/h2-6,10-14H,7H2,1H3/t10-,11+,12-,13+,14+/m1/s1. The molecule has 0 unspecified atom stereocenters. The summed E-state index contributed by atoms with van der Waals surface area (Å²) < 4.78 is 22.6. The van der Waals surface area contributed by atoms with E-state index in [2.05, 4.69) is 0 Å². The number of nitrogens with zero attached hydrogens (tertiary/aromatic N) is 1. The van der Waals surface area contributed by atoms with E-state index in [0.29, 0.717) is 6.61 Å². The number of carbonyl (C=O) groups is 2. The molecule has 4 rings (SSSR count). The van der Waals surface area contributed by atoms with Crippen molar-refractivity contribution in [1.29, 1.82) is 0 Å². The normalized spacial score (nSPS) is 36.7. The number of rotatable bonds is 1. The van der Waals surface area contributed by atoms with Gasteiger partial charge >= 0.3 is 6.09 Å². The molecule has 3 heterocycles. The average Bonchev–Trinajstić information content (AvgIpc) is 3.01. The molecule has 3 fully saturated rings. The summed E-state index contributed by atoms with van der Waals surface area (Å²) in [4.78, 5) is 24.3. The van der Waals surface area contributed by atoms with Gasteiger partial charge in [-0.05, 0) is 0 Å². The van der Waals surface area contributed by atoms with E-state index in [4.69, 9.17) is 18.9 Å². The fourth-order valence-corrected chi connectivity index (χ4v) is 3.07. The van der Waals surface area contributed by atoms with Crippen LogP contribution in [-0.2, 0) is 23.7 Å². The molecule has 0 saturated carbocycles. The predicted octanol–water partition coefficient (Wildman–Crippen LogP) is 1.19. The number of amides is 2. The van der Waals surface area contributed by atoms with Crippen LogP contribution in [0.15, 0.2) is 30.3 Å². The predicted molar refractivity (Wildman–Crippen MR) is 71.5 cm³/mol. The molecule has 0 bridgehead atoms. The van der Waals surface area contributed by atoms with Gasteiger partial charge in [-0.25, -0.2) is 9.69 Å². The lowest BCUT2D eigenvalue weighted by Gasteiger charge is -2.33. The molecule has 3 saturated heterocycles. The van der Waals surface area contributed by atoms with Crippen LogP contribution in [0.4, 0.5) is 4.79 Å². The fraction of sp³-hybridized carbons (Fsp3) is 0.467. The molecule has 3 aliphatic rings. The van der Waals surface area contributed by atoms with Gasteiger partial charge in [0.25, 0.3) is 0 Å². The monoisotopic (exact) mass is 305 g/mol. The van der Waals surface area contributed by atoms with Crippen LogP contribution in [0.3, 0.4) is 0 Å². The highest BCUT2D eigenvalue weighted by Crippen LogP contribution is 2.40. The van der Waals surface area contributed by atoms with Crippen LogP contribution in [0.5, 0.6) is 0 Å². The number of imide groups is 1. The van der Waals surface area contributed by atoms with Gasteiger partial charge in [0.05, 0.1) is 6.61 Å². The lowest BCUT2D eigenvalue weighted by atomic mass is 10.1. The smallest absolute Gasteiger partial charge is 0.419 e. The highest BCUT2D eigenvalue weighted by molar-refractivity contribution is 5.92. The van der Waals surface area contributed by atoms with Gasteiger partial charge in [-0.15, -0.1) is 0 Å². The van der Waals surface area contributed by atoms with E-state index >= 15 is 0 Å². The van der Waals surface area contributed by atoms with Crippen molar-refractivity contribution in [3.8, 4) is 0 Å². The number of fused-ring (bicyclic) bond motifs is 3. The van der Waals surface area contributed by atoms with Crippen LogP contribution in [0.25, 0.3) is 0 Å². The molecular formula is C15H15NO6. The Kier molecular flexibility index (Phi) is 3.14. The van der Waals surface area contributed by atoms with E-state index in [0.717, 1.165) is 10.5 Å². The molecule has 1 aromatic rings. The third-order valence-electron chi connectivity index (χ3n) is 4.08. The van der Waals surface area contributed by atoms with Crippen molar-refractivity contribution in [1.82, 2.24) is 4.90 Å². The summed E-state index contributed by atoms with van der Waals surface area (Å²) in [5.41, 5.74) is 0.886. The van der Waals surface area contributed by atoms with Crippen LogP contribution in [0.1, 0.15) is 18.8 Å². The first kappa shape index (κ1) is 13.7. The van der Waals surface area contributed by atoms with E-state index in [1.165, 1.54) is 6.92 Å². The lowest BCUT2D eigenvalue weighted by Crippen LogP contribution is -2.43. The number of carbonyl (C=O) groups excluding carboxylic acids is 2. The maximum Gasteiger partial charge on any atom is 0.419 e. The Morgan fingerprint density at radius 3 is 2.68 bits per heavy atom. The van der Waals surface area contributed by atoms with Crippen LogP contribution in [0, 0.1) is 0 Å². The summed E-state index contributed by atoms with van der Waals surface area (Å²) in [6.07, 6.45) is -3.38. The molecule has 0 radical (unpaired) electrons. The van der Waals surface area contributed by atoms with Gasteiger partial charge < -0.3 is 18.9 Å². The molecule has 2 amide bonds. The first-order chi connectivity index (χ1) is 10.6. The number of benzene rings is 1. The Morgan fingerprint density at radius 1 is 1.18 bits per heavy atom. The van der Waals surface area contributed by atoms with Crippen molar-refractivity contribution in [3.63, 3.8) is 0 Å². The number of ether oxygens (including phenoxy) is 4. The second-order valence-corrected chi connectivity index (χ2v) is 5.48. The molecule has 3 aliphatic heterocycles. The fourth-order valence-electron chi connectivity index (χ4n) is 3.07. The Bertz CT molecular complexity index is 605. The van der Waals surface area contributed by atoms with Gasteiger partial charge in [0, 0.05) is 12.5 Å². The summed E-state index contributed by atoms with van der Waals surface area (Å²) in [7, 11) is 0. The third kappa shape index (κ3) is 2.01. The summed E-state index contributed by atoms with van der Waals surface area (Å²) >= 11 is 0.